The Morgan fingerprint density at radius 3 is 2.64 bits per heavy atom. The van der Waals surface area contributed by atoms with Crippen LogP contribution in [0.4, 0.5) is 5.69 Å². The minimum absolute atomic E-state index is 0.00488. The van der Waals surface area contributed by atoms with E-state index < -0.39 is 0 Å². The third-order valence-electron chi connectivity index (χ3n) is 4.08. The number of furan rings is 1. The normalized spacial score (nSPS) is 15.0. The average Bonchev–Trinajstić information content (AvgIpc) is 3.06. The highest BCUT2D eigenvalue weighted by molar-refractivity contribution is 9.10. The SMILES string of the molecule is CCOc1ccccc1N1CCN(C(=O)/C=C/c2ccc(Br)o2)CC1. The molecule has 0 saturated carbocycles. The van der Waals surface area contributed by atoms with Gasteiger partial charge in [0.15, 0.2) is 4.67 Å². The number of anilines is 1. The van der Waals surface area contributed by atoms with Gasteiger partial charge in [0.05, 0.1) is 12.3 Å². The van der Waals surface area contributed by atoms with E-state index in [4.69, 9.17) is 9.15 Å². The molecule has 3 rings (SSSR count). The summed E-state index contributed by atoms with van der Waals surface area (Å²) in [7, 11) is 0. The fourth-order valence-electron chi connectivity index (χ4n) is 2.84. The summed E-state index contributed by atoms with van der Waals surface area (Å²) in [6.45, 7) is 5.57. The molecule has 0 unspecified atom stereocenters. The van der Waals surface area contributed by atoms with Crippen molar-refractivity contribution in [1.82, 2.24) is 4.90 Å². The fraction of sp³-hybridized carbons (Fsp3) is 0.316. The van der Waals surface area contributed by atoms with Crippen molar-refractivity contribution in [1.29, 1.82) is 0 Å². The number of rotatable bonds is 5. The summed E-state index contributed by atoms with van der Waals surface area (Å²) in [6.07, 6.45) is 3.26. The van der Waals surface area contributed by atoms with Gasteiger partial charge in [-0.1, -0.05) is 12.1 Å². The molecule has 0 spiro atoms. The predicted octanol–water partition coefficient (Wildman–Crippen LogP) is 3.80. The number of carbonyl (C=O) groups is 1. The summed E-state index contributed by atoms with van der Waals surface area (Å²) in [4.78, 5) is 16.5. The smallest absolute Gasteiger partial charge is 0.246 e. The molecule has 0 N–H and O–H groups in total. The first-order chi connectivity index (χ1) is 12.2. The second-order valence-corrected chi connectivity index (χ2v) is 6.47. The minimum Gasteiger partial charge on any atom is -0.492 e. The Hall–Kier alpha value is -2.21. The Kier molecular flexibility index (Phi) is 5.81. The maximum atomic E-state index is 12.3. The Morgan fingerprint density at radius 2 is 1.96 bits per heavy atom. The first-order valence-corrected chi connectivity index (χ1v) is 9.16. The number of piperazine rings is 1. The van der Waals surface area contributed by atoms with Gasteiger partial charge in [0.2, 0.25) is 5.91 Å². The van der Waals surface area contributed by atoms with E-state index in [2.05, 4.69) is 26.9 Å². The molecular weight excluding hydrogens is 384 g/mol. The molecule has 6 heteroatoms. The van der Waals surface area contributed by atoms with Crippen LogP contribution >= 0.6 is 15.9 Å². The van der Waals surface area contributed by atoms with Gasteiger partial charge < -0.3 is 19.0 Å². The van der Waals surface area contributed by atoms with Crippen molar-refractivity contribution in [3.05, 3.63) is 52.9 Å². The molecule has 0 atom stereocenters. The number of carbonyl (C=O) groups excluding carboxylic acids is 1. The molecule has 1 fully saturated rings. The zero-order chi connectivity index (χ0) is 17.6. The first kappa shape index (κ1) is 17.6. The Labute approximate surface area is 156 Å². The molecule has 2 heterocycles. The van der Waals surface area contributed by atoms with Crippen LogP contribution in [0.1, 0.15) is 12.7 Å². The number of ether oxygens (including phenoxy) is 1. The van der Waals surface area contributed by atoms with Crippen LogP contribution in [0.25, 0.3) is 6.08 Å². The number of hydrogen-bond acceptors (Lipinski definition) is 4. The summed E-state index contributed by atoms with van der Waals surface area (Å²) in [5.74, 6) is 1.56. The van der Waals surface area contributed by atoms with Gasteiger partial charge in [-0.15, -0.1) is 0 Å². The lowest BCUT2D eigenvalue weighted by atomic mass is 10.2. The molecule has 1 amide bonds. The van der Waals surface area contributed by atoms with Gasteiger partial charge in [-0.3, -0.25) is 4.79 Å². The zero-order valence-electron chi connectivity index (χ0n) is 14.2. The van der Waals surface area contributed by atoms with Crippen LogP contribution in [0.5, 0.6) is 5.75 Å². The molecule has 1 saturated heterocycles. The summed E-state index contributed by atoms with van der Waals surface area (Å²) in [5, 5.41) is 0. The number of para-hydroxylation sites is 2. The van der Waals surface area contributed by atoms with Crippen molar-refractivity contribution in [2.24, 2.45) is 0 Å². The lowest BCUT2D eigenvalue weighted by Gasteiger charge is -2.36. The van der Waals surface area contributed by atoms with E-state index in [0.29, 0.717) is 30.1 Å². The van der Waals surface area contributed by atoms with Gasteiger partial charge in [0, 0.05) is 32.3 Å². The van der Waals surface area contributed by atoms with E-state index in [-0.39, 0.29) is 5.91 Å². The molecule has 0 bridgehead atoms. The Balaban J connectivity index is 1.58. The van der Waals surface area contributed by atoms with Crippen LogP contribution in [0.2, 0.25) is 0 Å². The van der Waals surface area contributed by atoms with Crippen LogP contribution in [0.3, 0.4) is 0 Å². The second kappa shape index (κ2) is 8.25. The molecule has 132 valence electrons. The summed E-state index contributed by atoms with van der Waals surface area (Å²) >= 11 is 3.25. The van der Waals surface area contributed by atoms with E-state index >= 15 is 0 Å². The molecule has 25 heavy (non-hydrogen) atoms. The van der Waals surface area contributed by atoms with E-state index in [1.807, 2.05) is 36.1 Å². The molecule has 1 aliphatic heterocycles. The minimum atomic E-state index is 0.00488. The lowest BCUT2D eigenvalue weighted by Crippen LogP contribution is -2.48. The highest BCUT2D eigenvalue weighted by Gasteiger charge is 2.21. The number of halogens is 1. The van der Waals surface area contributed by atoms with Crippen LogP contribution in [-0.4, -0.2) is 43.6 Å². The molecule has 1 aromatic heterocycles. The topological polar surface area (TPSA) is 45.9 Å². The number of hydrogen-bond donors (Lipinski definition) is 0. The van der Waals surface area contributed by atoms with Crippen LogP contribution in [0.15, 0.2) is 51.6 Å². The van der Waals surface area contributed by atoms with E-state index in [9.17, 15) is 4.79 Å². The van der Waals surface area contributed by atoms with Crippen molar-refractivity contribution in [3.8, 4) is 5.75 Å². The van der Waals surface area contributed by atoms with Crippen LogP contribution in [-0.2, 0) is 4.79 Å². The molecule has 0 aliphatic carbocycles. The summed E-state index contributed by atoms with van der Waals surface area (Å²) < 4.78 is 11.7. The highest BCUT2D eigenvalue weighted by atomic mass is 79.9. The average molecular weight is 405 g/mol. The quantitative estimate of drug-likeness (QED) is 0.710. The second-order valence-electron chi connectivity index (χ2n) is 5.69. The molecule has 2 aromatic rings. The van der Waals surface area contributed by atoms with Gasteiger partial charge in [0.1, 0.15) is 11.5 Å². The van der Waals surface area contributed by atoms with Crippen LogP contribution < -0.4 is 9.64 Å². The van der Waals surface area contributed by atoms with Gasteiger partial charge >= 0.3 is 0 Å². The number of amides is 1. The van der Waals surface area contributed by atoms with Gasteiger partial charge in [0.25, 0.3) is 0 Å². The van der Waals surface area contributed by atoms with Crippen molar-refractivity contribution in [3.63, 3.8) is 0 Å². The van der Waals surface area contributed by atoms with Crippen molar-refractivity contribution in [2.45, 2.75) is 6.92 Å². The molecular formula is C19H21BrN2O3. The predicted molar refractivity (Wildman–Crippen MR) is 102 cm³/mol. The Bertz CT molecular complexity index is 749. The van der Waals surface area contributed by atoms with Crippen LogP contribution in [0, 0.1) is 0 Å². The zero-order valence-corrected chi connectivity index (χ0v) is 15.7. The standard InChI is InChI=1S/C19H21BrN2O3/c1-2-24-17-6-4-3-5-16(17)21-11-13-22(14-12-21)19(23)10-8-15-7-9-18(20)25-15/h3-10H,2,11-14H2,1H3/b10-8+. The lowest BCUT2D eigenvalue weighted by molar-refractivity contribution is -0.126. The molecule has 1 aliphatic rings. The van der Waals surface area contributed by atoms with Crippen molar-refractivity contribution >= 4 is 33.6 Å². The number of nitrogens with zero attached hydrogens (tertiary/aromatic N) is 2. The van der Waals surface area contributed by atoms with E-state index in [1.54, 1.807) is 18.2 Å². The van der Waals surface area contributed by atoms with Gasteiger partial charge in [-0.05, 0) is 53.2 Å². The monoisotopic (exact) mass is 404 g/mol. The summed E-state index contributed by atoms with van der Waals surface area (Å²) in [5.41, 5.74) is 1.09. The third-order valence-corrected chi connectivity index (χ3v) is 4.51. The number of benzene rings is 1. The Morgan fingerprint density at radius 1 is 1.20 bits per heavy atom. The maximum absolute atomic E-state index is 12.3. The highest BCUT2D eigenvalue weighted by Crippen LogP contribution is 2.28. The van der Waals surface area contributed by atoms with E-state index in [1.165, 1.54) is 0 Å². The van der Waals surface area contributed by atoms with Crippen molar-refractivity contribution < 1.29 is 13.9 Å². The van der Waals surface area contributed by atoms with Gasteiger partial charge in [-0.25, -0.2) is 0 Å². The third kappa shape index (κ3) is 4.45. The molecule has 1 aromatic carbocycles. The van der Waals surface area contributed by atoms with Gasteiger partial charge in [-0.2, -0.15) is 0 Å². The maximum Gasteiger partial charge on any atom is 0.246 e. The first-order valence-electron chi connectivity index (χ1n) is 8.36. The molecule has 5 nitrogen and oxygen atoms in total. The fourth-order valence-corrected chi connectivity index (χ4v) is 3.16. The summed E-state index contributed by atoms with van der Waals surface area (Å²) in [6, 6.07) is 11.7. The van der Waals surface area contributed by atoms with E-state index in [0.717, 1.165) is 24.5 Å². The molecule has 0 radical (unpaired) electrons. The van der Waals surface area contributed by atoms with Crippen molar-refractivity contribution in [2.75, 3.05) is 37.7 Å². The largest absolute Gasteiger partial charge is 0.492 e.